The molecule has 0 bridgehead atoms. The van der Waals surface area contributed by atoms with Gasteiger partial charge in [0.1, 0.15) is 5.82 Å². The number of rotatable bonds is 3. The summed E-state index contributed by atoms with van der Waals surface area (Å²) in [4.78, 5) is 13.6. The van der Waals surface area contributed by atoms with Gasteiger partial charge in [0, 0.05) is 12.2 Å². The molecule has 0 saturated carbocycles. The molecular weight excluding hydrogens is 269 g/mol. The maximum atomic E-state index is 13.1. The van der Waals surface area contributed by atoms with Crippen LogP contribution in [0.4, 0.5) is 10.1 Å². The van der Waals surface area contributed by atoms with Crippen LogP contribution in [0.2, 0.25) is 0 Å². The third kappa shape index (κ3) is 2.61. The molecule has 0 radical (unpaired) electrons. The van der Waals surface area contributed by atoms with E-state index in [0.717, 1.165) is 11.3 Å². The molecule has 21 heavy (non-hydrogen) atoms. The maximum absolute atomic E-state index is 13.1. The van der Waals surface area contributed by atoms with E-state index in [2.05, 4.69) is 0 Å². The van der Waals surface area contributed by atoms with E-state index in [4.69, 9.17) is 0 Å². The molecule has 1 aliphatic rings. The first kappa shape index (κ1) is 13.6. The summed E-state index contributed by atoms with van der Waals surface area (Å²) in [6.45, 7) is 0.655. The van der Waals surface area contributed by atoms with Crippen molar-refractivity contribution in [2.24, 2.45) is 5.92 Å². The number of halogens is 1. The lowest BCUT2D eigenvalue weighted by molar-refractivity contribution is -0.141. The van der Waals surface area contributed by atoms with E-state index >= 15 is 0 Å². The number of carbonyl (C=O) groups is 1. The normalized spacial score (nSPS) is 21.5. The minimum atomic E-state index is -0.784. The van der Waals surface area contributed by atoms with E-state index in [1.54, 1.807) is 12.1 Å². The molecule has 0 unspecified atom stereocenters. The highest BCUT2D eigenvalue weighted by Gasteiger charge is 2.39. The predicted molar refractivity (Wildman–Crippen MR) is 78.7 cm³/mol. The predicted octanol–water partition coefficient (Wildman–Crippen LogP) is 3.48. The fourth-order valence-corrected chi connectivity index (χ4v) is 3.04. The van der Waals surface area contributed by atoms with Crippen LogP contribution in [0.15, 0.2) is 54.6 Å². The van der Waals surface area contributed by atoms with Crippen molar-refractivity contribution in [1.82, 2.24) is 0 Å². The Bertz CT molecular complexity index is 627. The highest BCUT2D eigenvalue weighted by atomic mass is 19.1. The molecule has 108 valence electrons. The molecule has 1 saturated heterocycles. The summed E-state index contributed by atoms with van der Waals surface area (Å²) in [6.07, 6.45) is 0.590. The van der Waals surface area contributed by atoms with Crippen LogP contribution in [-0.2, 0) is 4.79 Å². The Kier molecular flexibility index (Phi) is 3.60. The van der Waals surface area contributed by atoms with Crippen molar-refractivity contribution in [3.8, 4) is 0 Å². The number of benzene rings is 2. The molecule has 0 spiro atoms. The summed E-state index contributed by atoms with van der Waals surface area (Å²) in [5.74, 6) is -1.52. The molecule has 2 atom stereocenters. The van der Waals surface area contributed by atoms with Gasteiger partial charge in [0.25, 0.3) is 0 Å². The van der Waals surface area contributed by atoms with E-state index in [-0.39, 0.29) is 11.9 Å². The van der Waals surface area contributed by atoms with E-state index < -0.39 is 11.9 Å². The number of hydrogen-bond donors (Lipinski definition) is 1. The van der Waals surface area contributed by atoms with Crippen molar-refractivity contribution < 1.29 is 14.3 Å². The molecule has 1 fully saturated rings. The third-order valence-electron chi connectivity index (χ3n) is 4.01. The second kappa shape index (κ2) is 5.56. The second-order valence-electron chi connectivity index (χ2n) is 5.26. The maximum Gasteiger partial charge on any atom is 0.309 e. The minimum Gasteiger partial charge on any atom is -0.481 e. The largest absolute Gasteiger partial charge is 0.481 e. The molecule has 1 aliphatic heterocycles. The summed E-state index contributed by atoms with van der Waals surface area (Å²) in [5, 5.41) is 9.47. The lowest BCUT2D eigenvalue weighted by Crippen LogP contribution is -2.28. The number of hydrogen-bond acceptors (Lipinski definition) is 2. The van der Waals surface area contributed by atoms with Gasteiger partial charge in [-0.05, 0) is 36.2 Å². The molecule has 0 aliphatic carbocycles. The molecule has 2 aromatic rings. The lowest BCUT2D eigenvalue weighted by atomic mass is 9.93. The first-order valence-electron chi connectivity index (χ1n) is 6.97. The van der Waals surface area contributed by atoms with Gasteiger partial charge in [-0.2, -0.15) is 0 Å². The fourth-order valence-electron chi connectivity index (χ4n) is 3.04. The van der Waals surface area contributed by atoms with Crippen LogP contribution in [0.5, 0.6) is 0 Å². The van der Waals surface area contributed by atoms with Crippen LogP contribution in [0.1, 0.15) is 18.0 Å². The van der Waals surface area contributed by atoms with E-state index in [1.165, 1.54) is 12.1 Å². The highest BCUT2D eigenvalue weighted by molar-refractivity contribution is 5.73. The summed E-state index contributed by atoms with van der Waals surface area (Å²) < 4.78 is 13.1. The van der Waals surface area contributed by atoms with Gasteiger partial charge in [-0.25, -0.2) is 4.39 Å². The summed E-state index contributed by atoms with van der Waals surface area (Å²) in [6, 6.07) is 15.6. The zero-order valence-electron chi connectivity index (χ0n) is 11.4. The van der Waals surface area contributed by atoms with Crippen LogP contribution < -0.4 is 4.90 Å². The van der Waals surface area contributed by atoms with Gasteiger partial charge >= 0.3 is 5.97 Å². The average molecular weight is 285 g/mol. The first-order chi connectivity index (χ1) is 10.2. The summed E-state index contributed by atoms with van der Waals surface area (Å²) >= 11 is 0. The zero-order valence-corrected chi connectivity index (χ0v) is 11.4. The van der Waals surface area contributed by atoms with Gasteiger partial charge in [0.05, 0.1) is 12.0 Å². The zero-order chi connectivity index (χ0) is 14.8. The Labute approximate surface area is 122 Å². The van der Waals surface area contributed by atoms with E-state index in [9.17, 15) is 14.3 Å². The highest BCUT2D eigenvalue weighted by Crippen LogP contribution is 2.40. The van der Waals surface area contributed by atoms with Gasteiger partial charge in [0.2, 0.25) is 0 Å². The van der Waals surface area contributed by atoms with E-state index in [1.807, 2.05) is 35.2 Å². The third-order valence-corrected chi connectivity index (χ3v) is 4.01. The van der Waals surface area contributed by atoms with Crippen molar-refractivity contribution in [3.05, 3.63) is 66.0 Å². The Hall–Kier alpha value is -2.36. The minimum absolute atomic E-state index is 0.214. The SMILES string of the molecule is O=C(O)[C@@H]1CCN(c2ccc(F)cc2)[C@H]1c1ccccc1. The van der Waals surface area contributed by atoms with Gasteiger partial charge in [-0.1, -0.05) is 30.3 Å². The number of carboxylic acids is 1. The molecule has 4 heteroatoms. The Morgan fingerprint density at radius 1 is 1.10 bits per heavy atom. The smallest absolute Gasteiger partial charge is 0.309 e. The molecule has 1 heterocycles. The van der Waals surface area contributed by atoms with Crippen molar-refractivity contribution in [2.45, 2.75) is 12.5 Å². The molecule has 1 N–H and O–H groups in total. The lowest BCUT2D eigenvalue weighted by Gasteiger charge is -2.29. The van der Waals surface area contributed by atoms with Gasteiger partial charge in [-0.15, -0.1) is 0 Å². The molecule has 0 amide bonds. The fraction of sp³-hybridized carbons (Fsp3) is 0.235. The molecule has 3 rings (SSSR count). The van der Waals surface area contributed by atoms with E-state index in [0.29, 0.717) is 13.0 Å². The molecule has 3 nitrogen and oxygen atoms in total. The van der Waals surface area contributed by atoms with Crippen LogP contribution >= 0.6 is 0 Å². The van der Waals surface area contributed by atoms with Gasteiger partial charge < -0.3 is 10.0 Å². The van der Waals surface area contributed by atoms with Crippen molar-refractivity contribution >= 4 is 11.7 Å². The Morgan fingerprint density at radius 3 is 2.38 bits per heavy atom. The van der Waals surface area contributed by atoms with Crippen LogP contribution in [0.25, 0.3) is 0 Å². The Balaban J connectivity index is 1.99. The molecule has 0 aromatic heterocycles. The number of nitrogens with zero attached hydrogens (tertiary/aromatic N) is 1. The Morgan fingerprint density at radius 2 is 1.76 bits per heavy atom. The number of aliphatic carboxylic acids is 1. The summed E-state index contributed by atoms with van der Waals surface area (Å²) in [7, 11) is 0. The topological polar surface area (TPSA) is 40.5 Å². The first-order valence-corrected chi connectivity index (χ1v) is 6.97. The average Bonchev–Trinajstić information content (AvgIpc) is 2.94. The van der Waals surface area contributed by atoms with Crippen LogP contribution in [0, 0.1) is 11.7 Å². The van der Waals surface area contributed by atoms with Gasteiger partial charge in [0.15, 0.2) is 0 Å². The number of anilines is 1. The van der Waals surface area contributed by atoms with Crippen LogP contribution in [-0.4, -0.2) is 17.6 Å². The number of carboxylic acid groups (broad SMARTS) is 1. The van der Waals surface area contributed by atoms with Crippen molar-refractivity contribution in [1.29, 1.82) is 0 Å². The molecular formula is C17H16FNO2. The second-order valence-corrected chi connectivity index (χ2v) is 5.26. The standard InChI is InChI=1S/C17H16FNO2/c18-13-6-8-14(9-7-13)19-11-10-15(17(20)21)16(19)12-4-2-1-3-5-12/h1-9,15-16H,10-11H2,(H,20,21)/t15-,16+/m1/s1. The summed E-state index contributed by atoms with van der Waals surface area (Å²) in [5.41, 5.74) is 1.83. The monoisotopic (exact) mass is 285 g/mol. The molecule has 2 aromatic carbocycles. The quantitative estimate of drug-likeness (QED) is 0.938. The van der Waals surface area contributed by atoms with Crippen molar-refractivity contribution in [2.75, 3.05) is 11.4 Å². The van der Waals surface area contributed by atoms with Crippen molar-refractivity contribution in [3.63, 3.8) is 0 Å². The van der Waals surface area contributed by atoms with Gasteiger partial charge in [-0.3, -0.25) is 4.79 Å². The van der Waals surface area contributed by atoms with Crippen LogP contribution in [0.3, 0.4) is 0 Å².